The summed E-state index contributed by atoms with van der Waals surface area (Å²) < 4.78 is 0. The molecule has 2 heteroatoms. The average Bonchev–Trinajstić information content (AvgIpc) is 2.55. The van der Waals surface area contributed by atoms with Crippen LogP contribution in [-0.4, -0.2) is 5.11 Å². The number of aryl methyl sites for hydroxylation is 1. The number of hydrogen-bond donors (Lipinski definition) is 1. The summed E-state index contributed by atoms with van der Waals surface area (Å²) in [6.07, 6.45) is 9.50. The second-order valence-electron chi connectivity index (χ2n) is 6.35. The van der Waals surface area contributed by atoms with E-state index in [2.05, 4.69) is 24.3 Å². The minimum atomic E-state index is 0. The van der Waals surface area contributed by atoms with Crippen LogP contribution in [-0.2, 0) is 58.4 Å². The molecule has 2 aromatic carbocycles. The van der Waals surface area contributed by atoms with Crippen molar-refractivity contribution in [3.05, 3.63) is 52.6 Å². The Morgan fingerprint density at radius 1 is 0.727 bits per heavy atom. The van der Waals surface area contributed by atoms with Crippen LogP contribution in [0.15, 0.2) is 24.3 Å². The number of hydrogen-bond acceptors (Lipinski definition) is 1. The Labute approximate surface area is 158 Å². The second kappa shape index (κ2) is 6.85. The third kappa shape index (κ3) is 2.79. The van der Waals surface area contributed by atoms with Gasteiger partial charge in [-0.05, 0) is 48.4 Å². The van der Waals surface area contributed by atoms with Crippen LogP contribution >= 0.6 is 0 Å². The molecule has 0 saturated carbocycles. The van der Waals surface area contributed by atoms with Gasteiger partial charge in [0, 0.05) is 32.7 Å². The van der Waals surface area contributed by atoms with Gasteiger partial charge >= 0.3 is 0 Å². The molecule has 0 bridgehead atoms. The topological polar surface area (TPSA) is 20.2 Å². The Balaban J connectivity index is 0.00000144. The Morgan fingerprint density at radius 3 is 2.18 bits per heavy atom. The summed E-state index contributed by atoms with van der Waals surface area (Å²) in [4.78, 5) is 0. The van der Waals surface area contributed by atoms with Crippen LogP contribution in [0.3, 0.4) is 0 Å². The van der Waals surface area contributed by atoms with E-state index in [9.17, 15) is 5.11 Å². The number of phenols is 1. The van der Waals surface area contributed by atoms with Crippen LogP contribution in [0, 0.1) is 6.07 Å². The van der Waals surface area contributed by atoms with E-state index < -0.39 is 0 Å². The average molecular weight is 366 g/mol. The van der Waals surface area contributed by atoms with Gasteiger partial charge in [-0.1, -0.05) is 31.7 Å². The van der Waals surface area contributed by atoms with Crippen molar-refractivity contribution in [3.63, 3.8) is 0 Å². The Hall–Kier alpha value is -0.656. The summed E-state index contributed by atoms with van der Waals surface area (Å²) in [5.41, 5.74) is 8.24. The quantitative estimate of drug-likeness (QED) is 0.731. The fourth-order valence-corrected chi connectivity index (χ4v) is 4.04. The predicted octanol–water partition coefficient (Wildman–Crippen LogP) is 4.61. The zero-order chi connectivity index (χ0) is 14.2. The molecule has 0 atom stereocenters. The summed E-state index contributed by atoms with van der Waals surface area (Å²) in [6.45, 7) is 0. The van der Waals surface area contributed by atoms with Gasteiger partial charge in [-0.2, -0.15) is 23.8 Å². The second-order valence-corrected chi connectivity index (χ2v) is 6.35. The molecule has 4 rings (SSSR count). The van der Waals surface area contributed by atoms with Crippen LogP contribution in [0.4, 0.5) is 0 Å². The monoisotopic (exact) mass is 366 g/mol. The number of rotatable bonds is 1. The molecule has 2 aliphatic carbocycles. The molecule has 0 aromatic heterocycles. The van der Waals surface area contributed by atoms with E-state index in [1.165, 1.54) is 71.9 Å². The standard InChI is InChI=1S/C20H21O.Y/c21-20-13-12-18(17-9-3-4-10-19(17)20)16-11-5-7-14-6-1-2-8-15(14)16;/h5,11-13,21H,1-4,6,8-10H2;/q-1;. The van der Waals surface area contributed by atoms with Crippen molar-refractivity contribution in [2.24, 2.45) is 0 Å². The molecule has 0 amide bonds. The molecule has 0 heterocycles. The predicted molar refractivity (Wildman–Crippen MR) is 85.7 cm³/mol. The summed E-state index contributed by atoms with van der Waals surface area (Å²) >= 11 is 0. The van der Waals surface area contributed by atoms with Gasteiger partial charge in [0.25, 0.3) is 0 Å². The van der Waals surface area contributed by atoms with Crippen molar-refractivity contribution in [1.82, 2.24) is 0 Å². The molecule has 0 aliphatic heterocycles. The summed E-state index contributed by atoms with van der Waals surface area (Å²) in [7, 11) is 0. The molecule has 1 nitrogen and oxygen atoms in total. The van der Waals surface area contributed by atoms with E-state index in [0.717, 1.165) is 12.8 Å². The van der Waals surface area contributed by atoms with Crippen molar-refractivity contribution in [2.45, 2.75) is 51.4 Å². The van der Waals surface area contributed by atoms with E-state index in [1.807, 2.05) is 6.07 Å². The maximum atomic E-state index is 10.2. The number of phenolic OH excluding ortho intramolecular Hbond substituents is 1. The Bertz CT molecular complexity index is 690. The third-order valence-electron chi connectivity index (χ3n) is 5.10. The first-order chi connectivity index (χ1) is 10.3. The van der Waals surface area contributed by atoms with Crippen LogP contribution < -0.4 is 0 Å². The van der Waals surface area contributed by atoms with Crippen LogP contribution in [0.25, 0.3) is 11.1 Å². The zero-order valence-electron chi connectivity index (χ0n) is 13.0. The van der Waals surface area contributed by atoms with Crippen molar-refractivity contribution in [2.75, 3.05) is 0 Å². The van der Waals surface area contributed by atoms with E-state index >= 15 is 0 Å². The summed E-state index contributed by atoms with van der Waals surface area (Å²) in [5, 5.41) is 10.2. The molecule has 2 aromatic rings. The van der Waals surface area contributed by atoms with Crippen molar-refractivity contribution >= 4 is 0 Å². The normalized spacial score (nSPS) is 16.4. The Kier molecular flexibility index (Phi) is 5.05. The largest absolute Gasteiger partial charge is 0.508 e. The maximum absolute atomic E-state index is 10.2. The first-order valence-electron chi connectivity index (χ1n) is 8.21. The molecular weight excluding hydrogens is 345 g/mol. The fourth-order valence-electron chi connectivity index (χ4n) is 4.04. The van der Waals surface area contributed by atoms with Gasteiger partial charge in [0.1, 0.15) is 5.75 Å². The van der Waals surface area contributed by atoms with E-state index in [1.54, 1.807) is 0 Å². The van der Waals surface area contributed by atoms with Crippen molar-refractivity contribution in [3.8, 4) is 16.9 Å². The molecule has 0 fully saturated rings. The van der Waals surface area contributed by atoms with Gasteiger partial charge in [-0.3, -0.25) is 0 Å². The molecule has 1 N–H and O–H groups in total. The molecule has 2 aliphatic rings. The van der Waals surface area contributed by atoms with E-state index in [0.29, 0.717) is 5.75 Å². The van der Waals surface area contributed by atoms with Gasteiger partial charge in [0.2, 0.25) is 0 Å². The van der Waals surface area contributed by atoms with Gasteiger partial charge in [-0.15, -0.1) is 11.1 Å². The SMILES string of the molecule is Oc1ccc(-c2cc[c-]c3c2CCCC3)c2c1CCCC2.[Y]. The van der Waals surface area contributed by atoms with Crippen LogP contribution in [0.5, 0.6) is 5.75 Å². The van der Waals surface area contributed by atoms with Gasteiger partial charge in [0.15, 0.2) is 0 Å². The van der Waals surface area contributed by atoms with Crippen LogP contribution in [0.2, 0.25) is 0 Å². The fraction of sp³-hybridized carbons (Fsp3) is 0.400. The molecule has 22 heavy (non-hydrogen) atoms. The molecule has 0 spiro atoms. The zero-order valence-corrected chi connectivity index (χ0v) is 15.8. The Morgan fingerprint density at radius 2 is 1.36 bits per heavy atom. The molecular formula is C20H21OY-. The smallest absolute Gasteiger partial charge is 0.119 e. The van der Waals surface area contributed by atoms with Crippen molar-refractivity contribution in [1.29, 1.82) is 0 Å². The van der Waals surface area contributed by atoms with Gasteiger partial charge < -0.3 is 5.11 Å². The number of fused-ring (bicyclic) bond motifs is 2. The maximum Gasteiger partial charge on any atom is 0.119 e. The molecule has 111 valence electrons. The van der Waals surface area contributed by atoms with Crippen LogP contribution in [0.1, 0.15) is 47.9 Å². The van der Waals surface area contributed by atoms with Gasteiger partial charge in [0.05, 0.1) is 0 Å². The summed E-state index contributed by atoms with van der Waals surface area (Å²) in [5.74, 6) is 0.491. The first kappa shape index (κ1) is 16.2. The minimum absolute atomic E-state index is 0. The summed E-state index contributed by atoms with van der Waals surface area (Å²) in [6, 6.07) is 11.8. The van der Waals surface area contributed by atoms with Gasteiger partial charge in [-0.25, -0.2) is 0 Å². The first-order valence-corrected chi connectivity index (χ1v) is 8.21. The number of aromatic hydroxyl groups is 1. The van der Waals surface area contributed by atoms with E-state index in [-0.39, 0.29) is 32.7 Å². The molecule has 0 saturated heterocycles. The van der Waals surface area contributed by atoms with E-state index in [4.69, 9.17) is 0 Å². The minimum Gasteiger partial charge on any atom is -0.508 e. The number of benzene rings is 2. The molecule has 0 unspecified atom stereocenters. The van der Waals surface area contributed by atoms with Crippen molar-refractivity contribution < 1.29 is 37.8 Å². The third-order valence-corrected chi connectivity index (χ3v) is 5.10. The molecule has 1 radical (unpaired) electrons.